The van der Waals surface area contributed by atoms with Crippen LogP contribution in [0.2, 0.25) is 0 Å². The van der Waals surface area contributed by atoms with Crippen LogP contribution in [0.25, 0.3) is 0 Å². The number of aliphatic hydroxyl groups excluding tert-OH is 1. The van der Waals surface area contributed by atoms with Gasteiger partial charge in [0, 0.05) is 5.38 Å². The van der Waals surface area contributed by atoms with E-state index in [4.69, 9.17) is 0 Å². The van der Waals surface area contributed by atoms with E-state index in [2.05, 4.69) is 11.6 Å². The topological polar surface area (TPSA) is 33.1 Å². The predicted octanol–water partition coefficient (Wildman–Crippen LogP) is 3.31. The third-order valence-corrected chi connectivity index (χ3v) is 2.78. The second-order valence-electron chi connectivity index (χ2n) is 3.36. The van der Waals surface area contributed by atoms with E-state index in [1.807, 2.05) is 11.5 Å². The fraction of sp³-hybridized carbons (Fsp3) is 0.545. The summed E-state index contributed by atoms with van der Waals surface area (Å²) in [6.45, 7) is 3.68. The van der Waals surface area contributed by atoms with Crippen LogP contribution < -0.4 is 0 Å². The Morgan fingerprint density at radius 3 is 3.00 bits per heavy atom. The minimum absolute atomic E-state index is 0.370. The minimum Gasteiger partial charge on any atom is -0.387 e. The molecule has 0 fully saturated rings. The minimum atomic E-state index is -0.370. The maximum atomic E-state index is 9.69. The highest BCUT2D eigenvalue weighted by Gasteiger charge is 2.08. The van der Waals surface area contributed by atoms with Crippen LogP contribution in [0.5, 0.6) is 0 Å². The molecule has 0 aliphatic carbocycles. The molecule has 0 bridgehead atoms. The van der Waals surface area contributed by atoms with Crippen molar-refractivity contribution in [2.45, 2.75) is 38.2 Å². The van der Waals surface area contributed by atoms with Crippen molar-refractivity contribution >= 4 is 11.3 Å². The van der Waals surface area contributed by atoms with Gasteiger partial charge in [-0.1, -0.05) is 18.9 Å². The number of thiazole rings is 1. The van der Waals surface area contributed by atoms with Gasteiger partial charge >= 0.3 is 0 Å². The van der Waals surface area contributed by atoms with E-state index in [9.17, 15) is 5.11 Å². The van der Waals surface area contributed by atoms with Crippen LogP contribution in [0.4, 0.5) is 0 Å². The Balaban J connectivity index is 2.10. The monoisotopic (exact) mass is 211 g/mol. The lowest BCUT2D eigenvalue weighted by Crippen LogP contribution is -1.97. The number of unbranched alkanes of at least 4 members (excludes halogenated alkanes) is 3. The van der Waals surface area contributed by atoms with Crippen molar-refractivity contribution in [3.05, 3.63) is 29.2 Å². The SMILES string of the molecule is C=CCCCCCC(O)c1cscn1. The molecule has 0 aromatic carbocycles. The smallest absolute Gasteiger partial charge is 0.0968 e. The van der Waals surface area contributed by atoms with Gasteiger partial charge in [0.15, 0.2) is 0 Å². The summed E-state index contributed by atoms with van der Waals surface area (Å²) in [6, 6.07) is 0. The zero-order valence-corrected chi connectivity index (χ0v) is 9.17. The van der Waals surface area contributed by atoms with Crippen molar-refractivity contribution in [3.63, 3.8) is 0 Å². The predicted molar refractivity (Wildman–Crippen MR) is 60.4 cm³/mol. The molecule has 0 saturated carbocycles. The summed E-state index contributed by atoms with van der Waals surface area (Å²) in [5.74, 6) is 0. The summed E-state index contributed by atoms with van der Waals surface area (Å²) in [5.41, 5.74) is 2.58. The van der Waals surface area contributed by atoms with Gasteiger partial charge in [0.05, 0.1) is 17.3 Å². The highest BCUT2D eigenvalue weighted by molar-refractivity contribution is 7.07. The second kappa shape index (κ2) is 6.74. The lowest BCUT2D eigenvalue weighted by atomic mass is 10.1. The number of aliphatic hydroxyl groups is 1. The van der Waals surface area contributed by atoms with E-state index >= 15 is 0 Å². The van der Waals surface area contributed by atoms with Gasteiger partial charge in [-0.3, -0.25) is 0 Å². The van der Waals surface area contributed by atoms with E-state index in [1.54, 1.807) is 5.51 Å². The molecule has 14 heavy (non-hydrogen) atoms. The molecule has 1 N–H and O–H groups in total. The number of allylic oxidation sites excluding steroid dienone is 1. The number of hydrogen-bond donors (Lipinski definition) is 1. The molecule has 3 heteroatoms. The first-order valence-electron chi connectivity index (χ1n) is 5.01. The van der Waals surface area contributed by atoms with Crippen LogP contribution in [0.3, 0.4) is 0 Å². The molecule has 1 atom stereocenters. The molecule has 1 aromatic rings. The van der Waals surface area contributed by atoms with Crippen LogP contribution in [-0.2, 0) is 0 Å². The molecule has 0 aliphatic heterocycles. The van der Waals surface area contributed by atoms with Crippen LogP contribution in [-0.4, -0.2) is 10.1 Å². The molecule has 0 aliphatic rings. The second-order valence-corrected chi connectivity index (χ2v) is 4.07. The van der Waals surface area contributed by atoms with Crippen LogP contribution in [0.15, 0.2) is 23.5 Å². The molecule has 1 unspecified atom stereocenters. The third kappa shape index (κ3) is 4.03. The van der Waals surface area contributed by atoms with E-state index in [0.717, 1.165) is 31.4 Å². The quantitative estimate of drug-likeness (QED) is 0.554. The Morgan fingerprint density at radius 2 is 2.36 bits per heavy atom. The average Bonchev–Trinajstić information content (AvgIpc) is 2.70. The lowest BCUT2D eigenvalue weighted by Gasteiger charge is -2.06. The molecule has 2 nitrogen and oxygen atoms in total. The van der Waals surface area contributed by atoms with Crippen molar-refractivity contribution < 1.29 is 5.11 Å². The first-order chi connectivity index (χ1) is 6.84. The highest BCUT2D eigenvalue weighted by atomic mass is 32.1. The molecule has 1 heterocycles. The first kappa shape index (κ1) is 11.4. The van der Waals surface area contributed by atoms with Gasteiger partial charge in [-0.2, -0.15) is 0 Å². The molecule has 78 valence electrons. The average molecular weight is 211 g/mol. The van der Waals surface area contributed by atoms with E-state index in [0.29, 0.717) is 0 Å². The molecule has 1 aromatic heterocycles. The molecule has 0 radical (unpaired) electrons. The third-order valence-electron chi connectivity index (χ3n) is 2.18. The summed E-state index contributed by atoms with van der Waals surface area (Å²) in [5, 5.41) is 11.6. The fourth-order valence-corrected chi connectivity index (χ4v) is 1.94. The Labute approximate surface area is 89.3 Å². The summed E-state index contributed by atoms with van der Waals surface area (Å²) >= 11 is 1.53. The zero-order valence-electron chi connectivity index (χ0n) is 8.35. The molecular weight excluding hydrogens is 194 g/mol. The standard InChI is InChI=1S/C11H17NOS/c1-2-3-4-5-6-7-11(13)10-8-14-9-12-10/h2,8-9,11,13H,1,3-7H2. The van der Waals surface area contributed by atoms with Gasteiger partial charge in [0.2, 0.25) is 0 Å². The fourth-order valence-electron chi connectivity index (χ4n) is 1.34. The summed E-state index contributed by atoms with van der Waals surface area (Å²) in [4.78, 5) is 4.08. The van der Waals surface area contributed by atoms with Crippen molar-refractivity contribution in [2.75, 3.05) is 0 Å². The van der Waals surface area contributed by atoms with E-state index in [-0.39, 0.29) is 6.10 Å². The van der Waals surface area contributed by atoms with Gasteiger partial charge in [-0.05, 0) is 19.3 Å². The van der Waals surface area contributed by atoms with Crippen molar-refractivity contribution in [2.24, 2.45) is 0 Å². The molecule has 0 spiro atoms. The van der Waals surface area contributed by atoms with Crippen molar-refractivity contribution in [3.8, 4) is 0 Å². The largest absolute Gasteiger partial charge is 0.387 e. The number of aromatic nitrogens is 1. The molecule has 0 amide bonds. The van der Waals surface area contributed by atoms with Gasteiger partial charge in [-0.15, -0.1) is 17.9 Å². The molecule has 0 saturated heterocycles. The van der Waals surface area contributed by atoms with Crippen molar-refractivity contribution in [1.82, 2.24) is 4.98 Å². The Bertz CT molecular complexity index is 246. The lowest BCUT2D eigenvalue weighted by molar-refractivity contribution is 0.159. The van der Waals surface area contributed by atoms with Crippen LogP contribution >= 0.6 is 11.3 Å². The van der Waals surface area contributed by atoms with Crippen LogP contribution in [0, 0.1) is 0 Å². The van der Waals surface area contributed by atoms with Gasteiger partial charge in [0.1, 0.15) is 0 Å². The molecular formula is C11H17NOS. The van der Waals surface area contributed by atoms with Crippen LogP contribution in [0.1, 0.15) is 43.9 Å². The summed E-state index contributed by atoms with van der Waals surface area (Å²) < 4.78 is 0. The number of hydrogen-bond acceptors (Lipinski definition) is 3. The van der Waals surface area contributed by atoms with E-state index < -0.39 is 0 Å². The normalized spacial score (nSPS) is 12.6. The Morgan fingerprint density at radius 1 is 1.50 bits per heavy atom. The highest BCUT2D eigenvalue weighted by Crippen LogP contribution is 2.19. The zero-order chi connectivity index (χ0) is 10.2. The van der Waals surface area contributed by atoms with Gasteiger partial charge in [0.25, 0.3) is 0 Å². The first-order valence-corrected chi connectivity index (χ1v) is 5.96. The number of rotatable bonds is 7. The van der Waals surface area contributed by atoms with Crippen molar-refractivity contribution in [1.29, 1.82) is 0 Å². The van der Waals surface area contributed by atoms with E-state index in [1.165, 1.54) is 17.8 Å². The van der Waals surface area contributed by atoms with Gasteiger partial charge in [-0.25, -0.2) is 4.98 Å². The Hall–Kier alpha value is -0.670. The summed E-state index contributed by atoms with van der Waals surface area (Å²) in [7, 11) is 0. The Kier molecular flexibility index (Phi) is 5.49. The molecule has 1 rings (SSSR count). The maximum Gasteiger partial charge on any atom is 0.0968 e. The summed E-state index contributed by atoms with van der Waals surface area (Å²) in [6.07, 6.45) is 6.86. The van der Waals surface area contributed by atoms with Gasteiger partial charge < -0.3 is 5.11 Å². The number of nitrogens with zero attached hydrogens (tertiary/aromatic N) is 1. The maximum absolute atomic E-state index is 9.69.